The van der Waals surface area contributed by atoms with Gasteiger partial charge < -0.3 is 10.1 Å². The van der Waals surface area contributed by atoms with Crippen LogP contribution >= 0.6 is 0 Å². The standard InChI is InChI=1S/C16H25NO/c1-13-5-3-8-16(11-13)18-10-9-17-14(2)12-15-6-4-7-15/h3,5,8,11,14-15,17H,4,6-7,9-10,12H2,1-2H3. The summed E-state index contributed by atoms with van der Waals surface area (Å²) < 4.78 is 5.72. The van der Waals surface area contributed by atoms with Gasteiger partial charge in [-0.1, -0.05) is 31.4 Å². The van der Waals surface area contributed by atoms with Crippen LogP contribution in [0.1, 0.15) is 38.2 Å². The molecule has 18 heavy (non-hydrogen) atoms. The number of hydrogen-bond acceptors (Lipinski definition) is 2. The topological polar surface area (TPSA) is 21.3 Å². The smallest absolute Gasteiger partial charge is 0.119 e. The van der Waals surface area contributed by atoms with Crippen molar-refractivity contribution in [2.24, 2.45) is 5.92 Å². The second kappa shape index (κ2) is 6.79. The second-order valence-electron chi connectivity index (χ2n) is 5.55. The molecule has 2 heteroatoms. The lowest BCUT2D eigenvalue weighted by molar-refractivity contribution is 0.254. The Bertz CT molecular complexity index is 360. The summed E-state index contributed by atoms with van der Waals surface area (Å²) in [5.41, 5.74) is 1.25. The van der Waals surface area contributed by atoms with E-state index in [1.165, 1.54) is 31.2 Å². The van der Waals surface area contributed by atoms with E-state index in [4.69, 9.17) is 4.74 Å². The van der Waals surface area contributed by atoms with Crippen molar-refractivity contribution in [3.8, 4) is 5.75 Å². The molecule has 2 rings (SSSR count). The number of benzene rings is 1. The van der Waals surface area contributed by atoms with E-state index in [9.17, 15) is 0 Å². The first-order valence-electron chi connectivity index (χ1n) is 7.17. The zero-order valence-corrected chi connectivity index (χ0v) is 11.6. The molecule has 1 fully saturated rings. The van der Waals surface area contributed by atoms with Crippen LogP contribution in [0.15, 0.2) is 24.3 Å². The number of rotatable bonds is 7. The summed E-state index contributed by atoms with van der Waals surface area (Å²) in [7, 11) is 0. The molecule has 1 aliphatic carbocycles. The summed E-state index contributed by atoms with van der Waals surface area (Å²) in [6.45, 7) is 6.05. The molecule has 1 aromatic carbocycles. The van der Waals surface area contributed by atoms with Gasteiger partial charge in [0.1, 0.15) is 12.4 Å². The maximum atomic E-state index is 5.72. The Kier molecular flexibility index (Phi) is 5.06. The highest BCUT2D eigenvalue weighted by molar-refractivity contribution is 5.27. The predicted octanol–water partition coefficient (Wildman–Crippen LogP) is 3.54. The maximum Gasteiger partial charge on any atom is 0.119 e. The van der Waals surface area contributed by atoms with Crippen molar-refractivity contribution in [2.45, 2.75) is 45.6 Å². The van der Waals surface area contributed by atoms with Gasteiger partial charge in [0.15, 0.2) is 0 Å². The molecule has 0 saturated heterocycles. The monoisotopic (exact) mass is 247 g/mol. The molecule has 0 aromatic heterocycles. The summed E-state index contributed by atoms with van der Waals surface area (Å²) in [5.74, 6) is 1.95. The highest BCUT2D eigenvalue weighted by atomic mass is 16.5. The molecule has 1 aromatic rings. The number of aryl methyl sites for hydroxylation is 1. The molecule has 2 nitrogen and oxygen atoms in total. The molecule has 100 valence electrons. The van der Waals surface area contributed by atoms with E-state index >= 15 is 0 Å². The number of ether oxygens (including phenoxy) is 1. The molecular weight excluding hydrogens is 222 g/mol. The minimum atomic E-state index is 0.622. The molecular formula is C16H25NO. The van der Waals surface area contributed by atoms with Gasteiger partial charge in [-0.2, -0.15) is 0 Å². The SMILES string of the molecule is Cc1cccc(OCCNC(C)CC2CCC2)c1. The van der Waals surface area contributed by atoms with Gasteiger partial charge in [0.05, 0.1) is 0 Å². The highest BCUT2D eigenvalue weighted by Gasteiger charge is 2.19. The summed E-state index contributed by atoms with van der Waals surface area (Å²) in [6.07, 6.45) is 5.63. The zero-order chi connectivity index (χ0) is 12.8. The molecule has 1 aliphatic rings. The maximum absolute atomic E-state index is 5.72. The van der Waals surface area contributed by atoms with Gasteiger partial charge >= 0.3 is 0 Å². The van der Waals surface area contributed by atoms with E-state index in [-0.39, 0.29) is 0 Å². The van der Waals surface area contributed by atoms with Crippen LogP contribution in [0.2, 0.25) is 0 Å². The Morgan fingerprint density at radius 2 is 2.22 bits per heavy atom. The third kappa shape index (κ3) is 4.34. The first-order chi connectivity index (χ1) is 8.74. The zero-order valence-electron chi connectivity index (χ0n) is 11.6. The summed E-state index contributed by atoms with van der Waals surface area (Å²) >= 11 is 0. The lowest BCUT2D eigenvalue weighted by Crippen LogP contribution is -2.33. The largest absolute Gasteiger partial charge is 0.492 e. The number of hydrogen-bond donors (Lipinski definition) is 1. The first kappa shape index (κ1) is 13.4. The van der Waals surface area contributed by atoms with Crippen molar-refractivity contribution in [1.29, 1.82) is 0 Å². The molecule has 0 spiro atoms. The van der Waals surface area contributed by atoms with Crippen LogP contribution in [0.5, 0.6) is 5.75 Å². The van der Waals surface area contributed by atoms with Gasteiger partial charge in [-0.05, 0) is 43.9 Å². The fourth-order valence-corrected chi connectivity index (χ4v) is 2.49. The Labute approximate surface area is 111 Å². The Balaban J connectivity index is 1.57. The lowest BCUT2D eigenvalue weighted by atomic mass is 9.81. The molecule has 0 radical (unpaired) electrons. The fourth-order valence-electron chi connectivity index (χ4n) is 2.49. The van der Waals surface area contributed by atoms with E-state index in [0.29, 0.717) is 6.04 Å². The molecule has 0 amide bonds. The summed E-state index contributed by atoms with van der Waals surface area (Å²) in [5, 5.41) is 3.54. The van der Waals surface area contributed by atoms with Crippen molar-refractivity contribution in [3.63, 3.8) is 0 Å². The van der Waals surface area contributed by atoms with Gasteiger partial charge in [0.2, 0.25) is 0 Å². The van der Waals surface area contributed by atoms with Crippen LogP contribution in [-0.4, -0.2) is 19.2 Å². The minimum Gasteiger partial charge on any atom is -0.492 e. The summed E-state index contributed by atoms with van der Waals surface area (Å²) in [4.78, 5) is 0. The third-order valence-electron chi connectivity index (χ3n) is 3.76. The fraction of sp³-hybridized carbons (Fsp3) is 0.625. The molecule has 0 aliphatic heterocycles. The average Bonchev–Trinajstić information content (AvgIpc) is 2.30. The summed E-state index contributed by atoms with van der Waals surface area (Å²) in [6, 6.07) is 8.85. The molecule has 1 saturated carbocycles. The molecule has 1 N–H and O–H groups in total. The molecule has 0 bridgehead atoms. The normalized spacial score (nSPS) is 17.2. The first-order valence-corrected chi connectivity index (χ1v) is 7.17. The van der Waals surface area contributed by atoms with Gasteiger partial charge in [0, 0.05) is 12.6 Å². The van der Waals surface area contributed by atoms with Crippen LogP contribution < -0.4 is 10.1 Å². The highest BCUT2D eigenvalue weighted by Crippen LogP contribution is 2.30. The van der Waals surface area contributed by atoms with Crippen molar-refractivity contribution in [2.75, 3.05) is 13.2 Å². The van der Waals surface area contributed by atoms with Crippen molar-refractivity contribution >= 4 is 0 Å². The van der Waals surface area contributed by atoms with E-state index in [2.05, 4.69) is 31.3 Å². The average molecular weight is 247 g/mol. The lowest BCUT2D eigenvalue weighted by Gasteiger charge is -2.28. The second-order valence-corrected chi connectivity index (χ2v) is 5.55. The molecule has 1 unspecified atom stereocenters. The van der Waals surface area contributed by atoms with Crippen LogP contribution in [0.4, 0.5) is 0 Å². The molecule has 0 heterocycles. The van der Waals surface area contributed by atoms with Crippen LogP contribution in [0.3, 0.4) is 0 Å². The minimum absolute atomic E-state index is 0.622. The third-order valence-corrected chi connectivity index (χ3v) is 3.76. The van der Waals surface area contributed by atoms with E-state index in [1.54, 1.807) is 0 Å². The van der Waals surface area contributed by atoms with Crippen LogP contribution in [0, 0.1) is 12.8 Å². The Hall–Kier alpha value is -1.02. The Morgan fingerprint density at radius 3 is 2.89 bits per heavy atom. The van der Waals surface area contributed by atoms with Crippen molar-refractivity contribution < 1.29 is 4.74 Å². The van der Waals surface area contributed by atoms with E-state index in [0.717, 1.165) is 24.8 Å². The van der Waals surface area contributed by atoms with Crippen molar-refractivity contribution in [3.05, 3.63) is 29.8 Å². The predicted molar refractivity (Wildman–Crippen MR) is 76.1 cm³/mol. The van der Waals surface area contributed by atoms with Crippen LogP contribution in [-0.2, 0) is 0 Å². The molecule has 1 atom stereocenters. The van der Waals surface area contributed by atoms with Crippen molar-refractivity contribution in [1.82, 2.24) is 5.32 Å². The van der Waals surface area contributed by atoms with Gasteiger partial charge in [-0.15, -0.1) is 0 Å². The van der Waals surface area contributed by atoms with E-state index in [1.807, 2.05) is 12.1 Å². The number of nitrogens with one attached hydrogen (secondary N) is 1. The Morgan fingerprint density at radius 1 is 1.39 bits per heavy atom. The quantitative estimate of drug-likeness (QED) is 0.744. The van der Waals surface area contributed by atoms with Gasteiger partial charge in [-0.25, -0.2) is 0 Å². The van der Waals surface area contributed by atoms with E-state index < -0.39 is 0 Å². The van der Waals surface area contributed by atoms with Gasteiger partial charge in [-0.3, -0.25) is 0 Å². The van der Waals surface area contributed by atoms with Crippen LogP contribution in [0.25, 0.3) is 0 Å². The van der Waals surface area contributed by atoms with Gasteiger partial charge in [0.25, 0.3) is 0 Å².